The van der Waals surface area contributed by atoms with E-state index in [9.17, 15) is 9.18 Å². The number of methoxy groups -OCH3 is 1. The van der Waals surface area contributed by atoms with E-state index in [1.165, 1.54) is 6.07 Å². The highest BCUT2D eigenvalue weighted by molar-refractivity contribution is 14.0. The van der Waals surface area contributed by atoms with Gasteiger partial charge in [-0.1, -0.05) is 0 Å². The molecule has 1 aliphatic heterocycles. The zero-order chi connectivity index (χ0) is 22.1. The molecule has 1 aromatic heterocycles. The zero-order valence-electron chi connectivity index (χ0n) is 18.3. The predicted molar refractivity (Wildman–Crippen MR) is 135 cm³/mol. The van der Waals surface area contributed by atoms with Gasteiger partial charge < -0.3 is 25.6 Å². The first-order valence-electron chi connectivity index (χ1n) is 10.4. The van der Waals surface area contributed by atoms with Crippen LogP contribution in [0.1, 0.15) is 23.7 Å². The summed E-state index contributed by atoms with van der Waals surface area (Å²) >= 11 is 0. The van der Waals surface area contributed by atoms with Crippen LogP contribution in [0, 0.1) is 5.82 Å². The Morgan fingerprint density at radius 3 is 2.75 bits per heavy atom. The second kappa shape index (κ2) is 13.0. The zero-order valence-corrected chi connectivity index (χ0v) is 20.6. The molecule has 10 heteroatoms. The summed E-state index contributed by atoms with van der Waals surface area (Å²) < 4.78 is 19.1. The van der Waals surface area contributed by atoms with Gasteiger partial charge in [0.05, 0.1) is 13.7 Å². The van der Waals surface area contributed by atoms with Gasteiger partial charge in [-0.3, -0.25) is 9.79 Å². The summed E-state index contributed by atoms with van der Waals surface area (Å²) in [6, 6.07) is 10.1. The number of anilines is 1. The number of carbonyl (C=O) groups is 1. The number of amides is 1. The van der Waals surface area contributed by atoms with Gasteiger partial charge in [0.1, 0.15) is 5.75 Å². The first-order chi connectivity index (χ1) is 15.1. The first-order valence-corrected chi connectivity index (χ1v) is 10.4. The fraction of sp³-hybridized carbons (Fsp3) is 0.409. The highest BCUT2D eigenvalue weighted by Gasteiger charge is 2.25. The van der Waals surface area contributed by atoms with Gasteiger partial charge in [-0.25, -0.2) is 9.37 Å². The lowest BCUT2D eigenvalue weighted by Crippen LogP contribution is -2.45. The standard InChI is InChI=1S/C22H29FN6O2.HI/c1-3-24-22(27-13-12-26-21(30)16-6-8-18(31-2)9-7-16)28-17-10-14-29(15-17)20-19(23)5-4-11-25-20;/h4-9,11,17H,3,10,12-15H2,1-2H3,(H,26,30)(H2,24,27,28);1H. The Balaban J connectivity index is 0.00000363. The van der Waals surface area contributed by atoms with E-state index in [1.54, 1.807) is 43.6 Å². The van der Waals surface area contributed by atoms with Crippen molar-refractivity contribution in [3.05, 3.63) is 54.0 Å². The normalized spacial score (nSPS) is 15.7. The Hall–Kier alpha value is -2.63. The molecule has 1 aliphatic rings. The van der Waals surface area contributed by atoms with Crippen LogP contribution in [0.25, 0.3) is 0 Å². The monoisotopic (exact) mass is 556 g/mol. The number of aromatic nitrogens is 1. The SMILES string of the molecule is CCNC(=NCCNC(=O)c1ccc(OC)cc1)NC1CCN(c2ncccc2F)C1.I. The van der Waals surface area contributed by atoms with Crippen LogP contribution in [0.4, 0.5) is 10.2 Å². The molecule has 0 aliphatic carbocycles. The molecule has 1 fully saturated rings. The average molecular weight is 556 g/mol. The molecular formula is C22H30FIN6O2. The lowest BCUT2D eigenvalue weighted by Gasteiger charge is -2.20. The van der Waals surface area contributed by atoms with Crippen LogP contribution < -0.4 is 25.6 Å². The molecule has 0 bridgehead atoms. The van der Waals surface area contributed by atoms with Crippen molar-refractivity contribution in [2.24, 2.45) is 4.99 Å². The van der Waals surface area contributed by atoms with Crippen molar-refractivity contribution in [1.29, 1.82) is 0 Å². The quantitative estimate of drug-likeness (QED) is 0.200. The molecule has 0 saturated carbocycles. The summed E-state index contributed by atoms with van der Waals surface area (Å²) in [5.74, 6) is 1.30. The molecule has 2 heterocycles. The van der Waals surface area contributed by atoms with Crippen LogP contribution in [0.2, 0.25) is 0 Å². The van der Waals surface area contributed by atoms with E-state index in [2.05, 4.69) is 25.9 Å². The maximum absolute atomic E-state index is 14.0. The third-order valence-electron chi connectivity index (χ3n) is 4.93. The molecule has 32 heavy (non-hydrogen) atoms. The number of hydrogen-bond donors (Lipinski definition) is 3. The van der Waals surface area contributed by atoms with Crippen molar-refractivity contribution in [3.8, 4) is 5.75 Å². The minimum Gasteiger partial charge on any atom is -0.497 e. The summed E-state index contributed by atoms with van der Waals surface area (Å²) in [6.07, 6.45) is 2.46. The third kappa shape index (κ3) is 7.21. The molecule has 0 spiro atoms. The second-order valence-electron chi connectivity index (χ2n) is 7.13. The Bertz CT molecular complexity index is 896. The number of nitrogens with one attached hydrogen (secondary N) is 3. The van der Waals surface area contributed by atoms with Gasteiger partial charge in [-0.2, -0.15) is 0 Å². The van der Waals surface area contributed by atoms with Crippen LogP contribution in [0.15, 0.2) is 47.6 Å². The molecule has 1 amide bonds. The minimum absolute atomic E-state index is 0. The molecule has 3 N–H and O–H groups in total. The summed E-state index contributed by atoms with van der Waals surface area (Å²) in [4.78, 5) is 22.8. The predicted octanol–water partition coefficient (Wildman–Crippen LogP) is 2.41. The summed E-state index contributed by atoms with van der Waals surface area (Å²) in [5, 5.41) is 9.46. The van der Waals surface area contributed by atoms with Crippen LogP contribution in [-0.2, 0) is 0 Å². The minimum atomic E-state index is -0.309. The van der Waals surface area contributed by atoms with E-state index in [-0.39, 0.29) is 41.7 Å². The Morgan fingerprint density at radius 1 is 1.28 bits per heavy atom. The van der Waals surface area contributed by atoms with Crippen molar-refractivity contribution in [2.75, 3.05) is 44.7 Å². The first kappa shape index (κ1) is 25.6. The summed E-state index contributed by atoms with van der Waals surface area (Å²) in [5.41, 5.74) is 0.572. The fourth-order valence-corrected chi connectivity index (χ4v) is 3.38. The van der Waals surface area contributed by atoms with Crippen LogP contribution in [0.5, 0.6) is 5.75 Å². The lowest BCUT2D eigenvalue weighted by molar-refractivity contribution is 0.0954. The Kier molecular flexibility index (Phi) is 10.4. The number of nitrogens with zero attached hydrogens (tertiary/aromatic N) is 3. The van der Waals surface area contributed by atoms with Gasteiger partial charge in [0.2, 0.25) is 0 Å². The van der Waals surface area contributed by atoms with E-state index >= 15 is 0 Å². The number of pyridine rings is 1. The van der Waals surface area contributed by atoms with E-state index < -0.39 is 0 Å². The molecule has 1 atom stereocenters. The van der Waals surface area contributed by atoms with Gasteiger partial charge in [-0.05, 0) is 49.7 Å². The van der Waals surface area contributed by atoms with Gasteiger partial charge in [0, 0.05) is 44.0 Å². The largest absolute Gasteiger partial charge is 0.497 e. The van der Waals surface area contributed by atoms with Crippen molar-refractivity contribution in [3.63, 3.8) is 0 Å². The molecule has 3 rings (SSSR count). The van der Waals surface area contributed by atoms with Gasteiger partial charge >= 0.3 is 0 Å². The molecular weight excluding hydrogens is 526 g/mol. The van der Waals surface area contributed by atoms with Crippen molar-refractivity contribution >= 4 is 41.7 Å². The molecule has 0 radical (unpaired) electrons. The van der Waals surface area contributed by atoms with E-state index in [1.807, 2.05) is 11.8 Å². The molecule has 1 saturated heterocycles. The number of ether oxygens (including phenoxy) is 1. The lowest BCUT2D eigenvalue weighted by atomic mass is 10.2. The van der Waals surface area contributed by atoms with Crippen molar-refractivity contribution < 1.29 is 13.9 Å². The summed E-state index contributed by atoms with van der Waals surface area (Å²) in [6.45, 7) is 4.93. The Morgan fingerprint density at radius 2 is 2.06 bits per heavy atom. The molecule has 1 aromatic carbocycles. The number of guanidine groups is 1. The number of hydrogen-bond acceptors (Lipinski definition) is 5. The number of carbonyl (C=O) groups excluding carboxylic acids is 1. The molecule has 1 unspecified atom stereocenters. The topological polar surface area (TPSA) is 90.9 Å². The smallest absolute Gasteiger partial charge is 0.251 e. The molecule has 174 valence electrons. The number of aliphatic imine (C=N–C) groups is 1. The molecule has 2 aromatic rings. The van der Waals surface area contributed by atoms with E-state index in [0.29, 0.717) is 42.7 Å². The van der Waals surface area contributed by atoms with Crippen molar-refractivity contribution in [2.45, 2.75) is 19.4 Å². The average Bonchev–Trinajstić information content (AvgIpc) is 3.25. The van der Waals surface area contributed by atoms with Crippen LogP contribution in [0.3, 0.4) is 0 Å². The summed E-state index contributed by atoms with van der Waals surface area (Å²) in [7, 11) is 1.59. The number of rotatable bonds is 8. The van der Waals surface area contributed by atoms with E-state index in [0.717, 1.165) is 19.5 Å². The second-order valence-corrected chi connectivity index (χ2v) is 7.13. The maximum Gasteiger partial charge on any atom is 0.251 e. The van der Waals surface area contributed by atoms with Crippen molar-refractivity contribution in [1.82, 2.24) is 20.9 Å². The number of halogens is 2. The third-order valence-corrected chi connectivity index (χ3v) is 4.93. The Labute approximate surface area is 205 Å². The number of benzene rings is 1. The van der Waals surface area contributed by atoms with Gasteiger partial charge in [0.15, 0.2) is 17.6 Å². The maximum atomic E-state index is 14.0. The highest BCUT2D eigenvalue weighted by atomic mass is 127. The van der Waals surface area contributed by atoms with Crippen LogP contribution in [-0.4, -0.2) is 62.7 Å². The molecule has 8 nitrogen and oxygen atoms in total. The highest BCUT2D eigenvalue weighted by Crippen LogP contribution is 2.20. The van der Waals surface area contributed by atoms with Gasteiger partial charge in [0.25, 0.3) is 5.91 Å². The van der Waals surface area contributed by atoms with Crippen LogP contribution >= 0.6 is 24.0 Å². The fourth-order valence-electron chi connectivity index (χ4n) is 3.38. The van der Waals surface area contributed by atoms with E-state index in [4.69, 9.17) is 4.74 Å². The van der Waals surface area contributed by atoms with Gasteiger partial charge in [-0.15, -0.1) is 24.0 Å².